The van der Waals surface area contributed by atoms with Crippen LogP contribution in [0.4, 0.5) is 34.1 Å². The summed E-state index contributed by atoms with van der Waals surface area (Å²) in [5, 5.41) is 2.05. The van der Waals surface area contributed by atoms with Crippen LogP contribution < -0.4 is 26.2 Å². The van der Waals surface area contributed by atoms with Gasteiger partial charge in [-0.2, -0.15) is 0 Å². The maximum Gasteiger partial charge on any atom is 0.252 e. The van der Waals surface area contributed by atoms with Crippen LogP contribution in [0.2, 0.25) is 0 Å². The molecule has 2 aliphatic rings. The predicted molar refractivity (Wildman–Crippen MR) is 432 cm³/mol. The third-order valence-electron chi connectivity index (χ3n) is 20.3. The Balaban J connectivity index is 0.785. The van der Waals surface area contributed by atoms with Crippen molar-refractivity contribution in [2.45, 2.75) is 0 Å². The van der Waals surface area contributed by atoms with Gasteiger partial charge in [-0.25, -0.2) is 39.9 Å². The Labute approximate surface area is 612 Å². The molecule has 14 aromatic carbocycles. The van der Waals surface area contributed by atoms with Crippen molar-refractivity contribution >= 4 is 79.0 Å². The van der Waals surface area contributed by atoms with Crippen LogP contribution in [-0.4, -0.2) is 51.2 Å². The number of hydrogen-bond donors (Lipinski definition) is 0. The predicted octanol–water partition coefficient (Wildman–Crippen LogP) is 20.7. The van der Waals surface area contributed by atoms with E-state index in [1.807, 2.05) is 115 Å². The largest absolute Gasteiger partial charge is 0.311 e. The van der Waals surface area contributed by atoms with Gasteiger partial charge in [0.05, 0.1) is 33.8 Å². The number of nitrogens with zero attached hydrogens (tertiary/aromatic N) is 11. The summed E-state index contributed by atoms with van der Waals surface area (Å²) in [6, 6.07) is 127. The zero-order valence-electron chi connectivity index (χ0n) is 57.1. The Hall–Kier alpha value is -14.4. The molecule has 0 saturated heterocycles. The van der Waals surface area contributed by atoms with E-state index in [0.29, 0.717) is 40.8 Å². The minimum Gasteiger partial charge on any atom is -0.311 e. The molecule has 106 heavy (non-hydrogen) atoms. The van der Waals surface area contributed by atoms with Crippen LogP contribution in [0.15, 0.2) is 364 Å². The van der Waals surface area contributed by atoms with Crippen molar-refractivity contribution in [3.63, 3.8) is 0 Å². The van der Waals surface area contributed by atoms with Crippen LogP contribution in [-0.2, 0) is 0 Å². The second kappa shape index (κ2) is 25.9. The van der Waals surface area contributed by atoms with E-state index >= 15 is 0 Å². The van der Waals surface area contributed by atoms with Crippen molar-refractivity contribution in [3.8, 4) is 119 Å². The van der Waals surface area contributed by atoms with Gasteiger partial charge in [0, 0.05) is 94.8 Å². The summed E-state index contributed by atoms with van der Waals surface area (Å²) in [7, 11) is 0. The van der Waals surface area contributed by atoms with Crippen molar-refractivity contribution in [1.82, 2.24) is 44.4 Å². The summed E-state index contributed by atoms with van der Waals surface area (Å²) in [6.07, 6.45) is 0. The molecule has 4 aromatic heterocycles. The van der Waals surface area contributed by atoms with Crippen LogP contribution in [0.1, 0.15) is 0 Å². The van der Waals surface area contributed by atoms with E-state index in [1.54, 1.807) is 0 Å². The van der Waals surface area contributed by atoms with E-state index in [-0.39, 0.29) is 6.71 Å². The minimum absolute atomic E-state index is 0.0469. The Kier molecular flexibility index (Phi) is 15.0. The van der Waals surface area contributed by atoms with Gasteiger partial charge in [0.15, 0.2) is 40.8 Å². The van der Waals surface area contributed by atoms with Gasteiger partial charge in [0.2, 0.25) is 0 Å². The van der Waals surface area contributed by atoms with Crippen LogP contribution >= 0.6 is 0 Å². The number of rotatable bonds is 13. The number of aromatic nitrogens is 9. The second-order valence-electron chi connectivity index (χ2n) is 26.6. The molecule has 0 atom stereocenters. The fourth-order valence-electron chi connectivity index (χ4n) is 15.4. The van der Waals surface area contributed by atoms with E-state index in [4.69, 9.17) is 39.9 Å². The van der Waals surface area contributed by atoms with Gasteiger partial charge < -0.3 is 14.4 Å². The van der Waals surface area contributed by atoms with Crippen molar-refractivity contribution in [2.75, 3.05) is 9.80 Å². The summed E-state index contributed by atoms with van der Waals surface area (Å²) in [5.74, 6) is 3.80. The summed E-state index contributed by atoms with van der Waals surface area (Å²) >= 11 is 0. The smallest absolute Gasteiger partial charge is 0.252 e. The first-order valence-corrected chi connectivity index (χ1v) is 35.6. The van der Waals surface area contributed by atoms with Crippen LogP contribution in [0.3, 0.4) is 0 Å². The van der Waals surface area contributed by atoms with Gasteiger partial charge in [-0.15, -0.1) is 0 Å². The van der Waals surface area contributed by atoms with Crippen LogP contribution in [0, 0.1) is 0 Å². The topological polar surface area (TPSA) is 115 Å². The average molecular weight is 1350 g/mol. The lowest BCUT2D eigenvalue weighted by Crippen LogP contribution is -2.61. The number of para-hydroxylation sites is 5. The molecule has 494 valence electrons. The number of benzene rings is 14. The van der Waals surface area contributed by atoms with E-state index in [2.05, 4.69) is 263 Å². The highest BCUT2D eigenvalue weighted by Gasteiger charge is 2.44. The molecule has 20 rings (SSSR count). The SMILES string of the molecule is c1ccc(-c2cc(-c3ccccc3)nc(-c3ccc(-n4c5ccccc5c5cc(-c6nc(-c7ccccc7)nc(-c7ccccc7)n6)ccc54)c(-c4nc(-c5ccccc5)nc(-c5ccc(-c6ccc7c8c6N(c6ccccc6)c6ccccc6B8c6ccccc6N7c6ccccc6)cc5)n4)c3)n2)cc1. The molecule has 11 nitrogen and oxygen atoms in total. The molecule has 18 aromatic rings. The average Bonchev–Trinajstić information content (AvgIpc) is 0.799. The zero-order valence-corrected chi connectivity index (χ0v) is 57.1. The number of fused-ring (bicyclic) bond motifs is 7. The molecule has 0 aliphatic carbocycles. The van der Waals surface area contributed by atoms with Crippen LogP contribution in [0.25, 0.3) is 141 Å². The molecule has 0 unspecified atom stereocenters. The molecule has 0 fully saturated rings. The lowest BCUT2D eigenvalue weighted by Gasteiger charge is -2.45. The van der Waals surface area contributed by atoms with Gasteiger partial charge in [-0.3, -0.25) is 0 Å². The Morgan fingerprint density at radius 3 is 1.14 bits per heavy atom. The molecule has 0 bridgehead atoms. The quantitative estimate of drug-likeness (QED) is 0.103. The van der Waals surface area contributed by atoms with Gasteiger partial charge in [0.1, 0.15) is 0 Å². The molecule has 0 radical (unpaired) electrons. The summed E-state index contributed by atoms with van der Waals surface area (Å²) < 4.78 is 2.33. The summed E-state index contributed by atoms with van der Waals surface area (Å²) in [5.41, 5.74) is 24.8. The fraction of sp³-hybridized carbons (Fsp3) is 0. The molecule has 6 heterocycles. The van der Waals surface area contributed by atoms with Gasteiger partial charge in [-0.05, 0) is 113 Å². The van der Waals surface area contributed by atoms with Crippen molar-refractivity contribution < 1.29 is 0 Å². The first-order valence-electron chi connectivity index (χ1n) is 35.6. The molecule has 0 spiro atoms. The molecule has 2 aliphatic heterocycles. The Bertz CT molecular complexity index is 6260. The van der Waals surface area contributed by atoms with E-state index < -0.39 is 0 Å². The highest BCUT2D eigenvalue weighted by molar-refractivity contribution is 7.00. The first-order chi connectivity index (χ1) is 52.6. The monoisotopic (exact) mass is 1350 g/mol. The third-order valence-corrected chi connectivity index (χ3v) is 20.3. The van der Waals surface area contributed by atoms with Crippen LogP contribution in [0.5, 0.6) is 0 Å². The fourth-order valence-corrected chi connectivity index (χ4v) is 15.4. The van der Waals surface area contributed by atoms with Gasteiger partial charge in [-0.1, -0.05) is 273 Å². The molecular weight excluding hydrogens is 1290 g/mol. The van der Waals surface area contributed by atoms with Crippen molar-refractivity contribution in [3.05, 3.63) is 364 Å². The van der Waals surface area contributed by atoms with Crippen molar-refractivity contribution in [2.24, 2.45) is 0 Å². The van der Waals surface area contributed by atoms with Gasteiger partial charge >= 0.3 is 0 Å². The number of anilines is 6. The molecule has 12 heteroatoms. The Morgan fingerprint density at radius 1 is 0.217 bits per heavy atom. The van der Waals surface area contributed by atoms with E-state index in [0.717, 1.165) is 129 Å². The second-order valence-corrected chi connectivity index (χ2v) is 26.6. The summed E-state index contributed by atoms with van der Waals surface area (Å²) in [4.78, 5) is 47.7. The lowest BCUT2D eigenvalue weighted by molar-refractivity contribution is 1.06. The zero-order chi connectivity index (χ0) is 70.0. The van der Waals surface area contributed by atoms with E-state index in [1.165, 1.54) is 22.1 Å². The first kappa shape index (κ1) is 61.5. The third kappa shape index (κ3) is 10.8. The number of hydrogen-bond acceptors (Lipinski definition) is 10. The van der Waals surface area contributed by atoms with Gasteiger partial charge in [0.25, 0.3) is 6.71 Å². The molecule has 0 amide bonds. The lowest BCUT2D eigenvalue weighted by atomic mass is 9.33. The highest BCUT2D eigenvalue weighted by Crippen LogP contribution is 2.49. The standard InChI is InChI=1S/C94H60BN11/c1-8-28-62(29-9-1)78-60-79(63-30-10-2-11-31-63)97-92(96-78)69-53-56-82(106-80-45-25-22-42-73(80)74-58-68(52-55-81(74)106)93-100-88(64-32-12-3-13-33-64)98-89(101-93)65-34-14-4-15-35-65)75(59-69)94-102-90(66-36-16-5-17-37-66)99-91(103-94)67-50-48-61(49-51-67)72-54-57-85-86-87(72)105(71-40-20-7-21-41-71)84-47-27-24-44-77(84)95(86)76-43-23-26-46-83(76)104(85)70-38-18-6-19-39-70/h1-60H. The minimum atomic E-state index is -0.0469. The van der Waals surface area contributed by atoms with E-state index in [9.17, 15) is 0 Å². The van der Waals surface area contributed by atoms with Crippen molar-refractivity contribution in [1.29, 1.82) is 0 Å². The molecule has 0 N–H and O–H groups in total. The molecular formula is C94H60BN11. The Morgan fingerprint density at radius 2 is 0.594 bits per heavy atom. The normalized spacial score (nSPS) is 12.1. The highest BCUT2D eigenvalue weighted by atomic mass is 15.2. The molecule has 0 saturated carbocycles. The maximum absolute atomic E-state index is 5.65. The summed E-state index contributed by atoms with van der Waals surface area (Å²) in [6.45, 7) is -0.0469. The maximum atomic E-state index is 5.65.